The fourth-order valence-corrected chi connectivity index (χ4v) is 5.02. The van der Waals surface area contributed by atoms with E-state index in [-0.39, 0.29) is 31.1 Å². The minimum Gasteiger partial charge on any atom is -0.461 e. The van der Waals surface area contributed by atoms with E-state index in [1.54, 1.807) is 47.5 Å². The van der Waals surface area contributed by atoms with Gasteiger partial charge in [0.15, 0.2) is 6.10 Å². The molecule has 0 saturated carbocycles. The van der Waals surface area contributed by atoms with Crippen LogP contribution in [0.5, 0.6) is 0 Å². The van der Waals surface area contributed by atoms with Crippen molar-refractivity contribution in [2.75, 3.05) is 31.1 Å². The van der Waals surface area contributed by atoms with Gasteiger partial charge >= 0.3 is 12.1 Å². The van der Waals surface area contributed by atoms with Crippen molar-refractivity contribution in [1.29, 1.82) is 0 Å². The molecule has 12 nitrogen and oxygen atoms in total. The average Bonchev–Trinajstić information content (AvgIpc) is 3.74. The first kappa shape index (κ1) is 25.9. The van der Waals surface area contributed by atoms with Crippen molar-refractivity contribution < 1.29 is 28.3 Å². The molecule has 3 aliphatic rings. The average molecular weight is 550 g/mol. The molecule has 5 heterocycles. The second-order valence-electron chi connectivity index (χ2n) is 9.96. The number of hydrogen-bond acceptors (Lipinski definition) is 10. The second kappa shape index (κ2) is 11.4. The van der Waals surface area contributed by atoms with Gasteiger partial charge in [0.2, 0.25) is 0 Å². The third-order valence-corrected chi connectivity index (χ3v) is 7.19. The number of piperidine rings is 1. The summed E-state index contributed by atoms with van der Waals surface area (Å²) in [5.41, 5.74) is 2.57. The minimum absolute atomic E-state index is 0.0711. The largest absolute Gasteiger partial charge is 0.461 e. The van der Waals surface area contributed by atoms with E-state index in [1.165, 1.54) is 11.0 Å². The standard InChI is InChI=1S/C27H28FN7O5/c28-23-11-19(35-15-21(39-27(35)37)14-34-10-9-31-33-34)2-3-22(23)18-1-4-24(30-13-18)25-12-20(40-32-25)16-38-26(36)17-5-7-29-8-6-17/h1-4,9-11,13,17,20-21,29H,5-8,12,14-16H2/t20-,21-/m0/s1. The Labute approximate surface area is 229 Å². The predicted molar refractivity (Wildman–Crippen MR) is 140 cm³/mol. The highest BCUT2D eigenvalue weighted by atomic mass is 19.1. The number of nitrogens with zero attached hydrogens (tertiary/aromatic N) is 6. The number of benzene rings is 1. The first-order valence-corrected chi connectivity index (χ1v) is 13.2. The molecule has 0 spiro atoms. The zero-order valence-electron chi connectivity index (χ0n) is 21.6. The lowest BCUT2D eigenvalue weighted by molar-refractivity contribution is -0.153. The topological polar surface area (TPSA) is 133 Å². The van der Waals surface area contributed by atoms with Crippen LogP contribution in [0.1, 0.15) is 25.0 Å². The molecule has 1 amide bonds. The van der Waals surface area contributed by atoms with Crippen molar-refractivity contribution in [2.24, 2.45) is 11.1 Å². The minimum atomic E-state index is -0.540. The molecule has 3 aromatic rings. The number of ether oxygens (including phenoxy) is 2. The van der Waals surface area contributed by atoms with Crippen LogP contribution in [0.3, 0.4) is 0 Å². The smallest absolute Gasteiger partial charge is 0.414 e. The van der Waals surface area contributed by atoms with E-state index in [1.807, 2.05) is 0 Å². The Kier molecular flexibility index (Phi) is 7.36. The lowest BCUT2D eigenvalue weighted by Crippen LogP contribution is -2.33. The number of aromatic nitrogens is 4. The SMILES string of the molecule is O=C(OC[C@@H]1CC(c2ccc(-c3ccc(N4C[C@H](Cn5ccnn5)OC4=O)cc3F)cn2)=NO1)C1CCNCC1. The molecular weight excluding hydrogens is 521 g/mol. The lowest BCUT2D eigenvalue weighted by atomic mass is 9.98. The second-order valence-corrected chi connectivity index (χ2v) is 9.96. The van der Waals surface area contributed by atoms with Crippen LogP contribution in [0.15, 0.2) is 54.1 Å². The summed E-state index contributed by atoms with van der Waals surface area (Å²) >= 11 is 0. The Morgan fingerprint density at radius 1 is 1.18 bits per heavy atom. The van der Waals surface area contributed by atoms with E-state index in [0.717, 1.165) is 25.9 Å². The van der Waals surface area contributed by atoms with Gasteiger partial charge in [-0.2, -0.15) is 0 Å². The maximum atomic E-state index is 15.1. The van der Waals surface area contributed by atoms with Crippen LogP contribution in [0.2, 0.25) is 0 Å². The van der Waals surface area contributed by atoms with E-state index in [0.29, 0.717) is 41.2 Å². The predicted octanol–water partition coefficient (Wildman–Crippen LogP) is 2.54. The molecule has 13 heteroatoms. The Hall–Kier alpha value is -4.39. The van der Waals surface area contributed by atoms with Crippen LogP contribution >= 0.6 is 0 Å². The third-order valence-electron chi connectivity index (χ3n) is 7.19. The molecule has 2 fully saturated rings. The van der Waals surface area contributed by atoms with Gasteiger partial charge in [0, 0.05) is 29.9 Å². The zero-order valence-corrected chi connectivity index (χ0v) is 21.6. The molecule has 2 saturated heterocycles. The molecule has 0 radical (unpaired) electrons. The van der Waals surface area contributed by atoms with Gasteiger partial charge in [0.05, 0.1) is 36.6 Å². The molecule has 0 unspecified atom stereocenters. The number of nitrogens with one attached hydrogen (secondary N) is 1. The van der Waals surface area contributed by atoms with Gasteiger partial charge in [-0.3, -0.25) is 14.7 Å². The van der Waals surface area contributed by atoms with Gasteiger partial charge in [0.25, 0.3) is 0 Å². The van der Waals surface area contributed by atoms with Gasteiger partial charge < -0.3 is 19.6 Å². The van der Waals surface area contributed by atoms with Crippen LogP contribution in [0.4, 0.5) is 14.9 Å². The molecule has 2 aromatic heterocycles. The molecule has 208 valence electrons. The number of halogens is 1. The van der Waals surface area contributed by atoms with Gasteiger partial charge in [0.1, 0.15) is 24.2 Å². The Morgan fingerprint density at radius 3 is 2.80 bits per heavy atom. The van der Waals surface area contributed by atoms with E-state index in [9.17, 15) is 9.59 Å². The highest BCUT2D eigenvalue weighted by Crippen LogP contribution is 2.29. The lowest BCUT2D eigenvalue weighted by Gasteiger charge is -2.21. The van der Waals surface area contributed by atoms with Crippen LogP contribution in [-0.2, 0) is 25.7 Å². The molecule has 1 aromatic carbocycles. The quantitative estimate of drug-likeness (QED) is 0.421. The number of carbonyl (C=O) groups is 2. The number of amides is 1. The summed E-state index contributed by atoms with van der Waals surface area (Å²) in [5, 5.41) is 15.0. The van der Waals surface area contributed by atoms with Crippen LogP contribution in [0, 0.1) is 11.7 Å². The third kappa shape index (κ3) is 5.64. The first-order valence-electron chi connectivity index (χ1n) is 13.2. The molecule has 6 rings (SSSR count). The van der Waals surface area contributed by atoms with E-state index >= 15 is 4.39 Å². The molecule has 0 bridgehead atoms. The van der Waals surface area contributed by atoms with Crippen molar-refractivity contribution in [3.8, 4) is 11.1 Å². The highest BCUT2D eigenvalue weighted by molar-refractivity contribution is 5.99. The van der Waals surface area contributed by atoms with Gasteiger partial charge in [-0.05, 0) is 50.2 Å². The Balaban J connectivity index is 1.04. The van der Waals surface area contributed by atoms with Crippen LogP contribution < -0.4 is 10.2 Å². The van der Waals surface area contributed by atoms with Gasteiger partial charge in [-0.25, -0.2) is 13.9 Å². The monoisotopic (exact) mass is 549 g/mol. The summed E-state index contributed by atoms with van der Waals surface area (Å²) in [4.78, 5) is 36.0. The molecule has 0 aliphatic carbocycles. The number of carbonyl (C=O) groups excluding carboxylic acids is 2. The maximum Gasteiger partial charge on any atom is 0.414 e. The number of esters is 1. The summed E-state index contributed by atoms with van der Waals surface area (Å²) in [6.07, 6.45) is 5.50. The van der Waals surface area contributed by atoms with Crippen molar-refractivity contribution >= 4 is 23.5 Å². The zero-order chi connectivity index (χ0) is 27.5. The van der Waals surface area contributed by atoms with Crippen molar-refractivity contribution in [3.05, 3.63) is 60.4 Å². The molecule has 1 N–H and O–H groups in total. The summed E-state index contributed by atoms with van der Waals surface area (Å²) in [6.45, 7) is 2.42. The van der Waals surface area contributed by atoms with Crippen molar-refractivity contribution in [3.63, 3.8) is 0 Å². The van der Waals surface area contributed by atoms with E-state index in [2.05, 4.69) is 25.8 Å². The highest BCUT2D eigenvalue weighted by Gasteiger charge is 2.33. The Bertz CT molecular complexity index is 1390. The molecule has 3 aliphatic heterocycles. The Morgan fingerprint density at radius 2 is 2.05 bits per heavy atom. The van der Waals surface area contributed by atoms with Crippen molar-refractivity contribution in [1.82, 2.24) is 25.3 Å². The number of hydrogen-bond donors (Lipinski definition) is 1. The summed E-state index contributed by atoms with van der Waals surface area (Å²) in [7, 11) is 0. The molecular formula is C27H28FN7O5. The number of cyclic esters (lactones) is 1. The summed E-state index contributed by atoms with van der Waals surface area (Å²) in [6, 6.07) is 8.11. The number of anilines is 1. The van der Waals surface area contributed by atoms with E-state index in [4.69, 9.17) is 14.3 Å². The van der Waals surface area contributed by atoms with Gasteiger partial charge in [-0.1, -0.05) is 16.4 Å². The maximum absolute atomic E-state index is 15.1. The number of pyridine rings is 1. The van der Waals surface area contributed by atoms with Crippen LogP contribution in [-0.4, -0.2) is 76.2 Å². The molecule has 40 heavy (non-hydrogen) atoms. The normalized spacial score (nSPS) is 21.2. The number of rotatable bonds is 8. The van der Waals surface area contributed by atoms with E-state index < -0.39 is 18.0 Å². The summed E-state index contributed by atoms with van der Waals surface area (Å²) in [5.74, 6) is -0.753. The van der Waals surface area contributed by atoms with Crippen LogP contribution in [0.25, 0.3) is 11.1 Å². The fourth-order valence-electron chi connectivity index (χ4n) is 5.02. The van der Waals surface area contributed by atoms with Crippen molar-refractivity contribution in [2.45, 2.75) is 38.0 Å². The van der Waals surface area contributed by atoms with Gasteiger partial charge in [-0.15, -0.1) is 5.10 Å². The first-order chi connectivity index (χ1) is 19.5. The molecule has 2 atom stereocenters. The number of oxime groups is 1. The summed E-state index contributed by atoms with van der Waals surface area (Å²) < 4.78 is 27.6. The fraction of sp³-hybridized carbons (Fsp3) is 0.407.